The second-order valence-electron chi connectivity index (χ2n) is 5.63. The number of aromatic nitrogens is 1. The molecule has 3 rings (SSSR count). The number of anilines is 1. The summed E-state index contributed by atoms with van der Waals surface area (Å²) in [7, 11) is 0. The van der Waals surface area contributed by atoms with Gasteiger partial charge in [0.15, 0.2) is 0 Å². The summed E-state index contributed by atoms with van der Waals surface area (Å²) in [5.41, 5.74) is 2.92. The SMILES string of the molecule is O=C(CNC(=O)Nc1ccccc1)NCCc1c[nH]c2ccccc12. The summed E-state index contributed by atoms with van der Waals surface area (Å²) in [6.07, 6.45) is 2.69. The minimum Gasteiger partial charge on any atom is -0.361 e. The number of urea groups is 1. The Balaban J connectivity index is 1.39. The van der Waals surface area contributed by atoms with E-state index in [4.69, 9.17) is 0 Å². The molecular formula is C19H20N4O2. The summed E-state index contributed by atoms with van der Waals surface area (Å²) in [6.45, 7) is 0.454. The number of H-pyrrole nitrogens is 1. The van der Waals surface area contributed by atoms with Crippen molar-refractivity contribution in [3.63, 3.8) is 0 Å². The van der Waals surface area contributed by atoms with E-state index in [1.165, 1.54) is 0 Å². The van der Waals surface area contributed by atoms with Crippen molar-refractivity contribution in [2.45, 2.75) is 6.42 Å². The van der Waals surface area contributed by atoms with E-state index in [0.717, 1.165) is 22.9 Å². The molecule has 3 aromatic rings. The third kappa shape index (κ3) is 4.60. The van der Waals surface area contributed by atoms with E-state index in [1.807, 2.05) is 42.6 Å². The molecule has 0 saturated heterocycles. The lowest BCUT2D eigenvalue weighted by Gasteiger charge is -2.08. The number of carbonyl (C=O) groups excluding carboxylic acids is 2. The standard InChI is InChI=1S/C19H20N4O2/c24-18(13-22-19(25)23-15-6-2-1-3-7-15)20-11-10-14-12-21-17-9-5-4-8-16(14)17/h1-9,12,21H,10-11,13H2,(H,20,24)(H2,22,23,25). The highest BCUT2D eigenvalue weighted by atomic mass is 16.2. The Kier molecular flexibility index (Phi) is 5.31. The van der Waals surface area contributed by atoms with Crippen LogP contribution in [0.4, 0.5) is 10.5 Å². The maximum Gasteiger partial charge on any atom is 0.319 e. The lowest BCUT2D eigenvalue weighted by Crippen LogP contribution is -2.39. The van der Waals surface area contributed by atoms with Crippen LogP contribution in [0.25, 0.3) is 10.9 Å². The Morgan fingerprint density at radius 3 is 2.52 bits per heavy atom. The number of fused-ring (bicyclic) bond motifs is 1. The van der Waals surface area contributed by atoms with Crippen LogP contribution in [-0.4, -0.2) is 30.0 Å². The van der Waals surface area contributed by atoms with Gasteiger partial charge in [-0.25, -0.2) is 4.79 Å². The molecule has 0 spiro atoms. The van der Waals surface area contributed by atoms with E-state index in [2.05, 4.69) is 27.0 Å². The molecule has 0 aliphatic rings. The molecule has 1 heterocycles. The van der Waals surface area contributed by atoms with Crippen LogP contribution in [0.3, 0.4) is 0 Å². The molecular weight excluding hydrogens is 316 g/mol. The van der Waals surface area contributed by atoms with Crippen molar-refractivity contribution in [2.24, 2.45) is 0 Å². The van der Waals surface area contributed by atoms with Gasteiger partial charge in [-0.3, -0.25) is 4.79 Å². The number of amides is 3. The maximum absolute atomic E-state index is 11.8. The molecule has 0 aliphatic carbocycles. The molecule has 4 N–H and O–H groups in total. The molecule has 1 aromatic heterocycles. The molecule has 0 fully saturated rings. The van der Waals surface area contributed by atoms with Gasteiger partial charge in [-0.2, -0.15) is 0 Å². The first-order valence-corrected chi connectivity index (χ1v) is 8.14. The molecule has 6 nitrogen and oxygen atoms in total. The lowest BCUT2D eigenvalue weighted by atomic mass is 10.1. The monoisotopic (exact) mass is 336 g/mol. The number of nitrogens with one attached hydrogen (secondary N) is 4. The van der Waals surface area contributed by atoms with Crippen LogP contribution in [0.15, 0.2) is 60.8 Å². The summed E-state index contributed by atoms with van der Waals surface area (Å²) >= 11 is 0. The summed E-state index contributed by atoms with van der Waals surface area (Å²) in [6, 6.07) is 16.7. The third-order valence-electron chi connectivity index (χ3n) is 3.83. The average Bonchev–Trinajstić information content (AvgIpc) is 3.04. The highest BCUT2D eigenvalue weighted by molar-refractivity contribution is 5.92. The number of hydrogen-bond donors (Lipinski definition) is 4. The topological polar surface area (TPSA) is 86.0 Å². The van der Waals surface area contributed by atoms with Crippen LogP contribution < -0.4 is 16.0 Å². The van der Waals surface area contributed by atoms with Gasteiger partial charge in [0.1, 0.15) is 0 Å². The average molecular weight is 336 g/mol. The Morgan fingerprint density at radius 1 is 0.920 bits per heavy atom. The van der Waals surface area contributed by atoms with Gasteiger partial charge in [0.25, 0.3) is 0 Å². The van der Waals surface area contributed by atoms with E-state index >= 15 is 0 Å². The zero-order chi connectivity index (χ0) is 17.5. The van der Waals surface area contributed by atoms with E-state index in [1.54, 1.807) is 12.1 Å². The normalized spacial score (nSPS) is 10.4. The van der Waals surface area contributed by atoms with E-state index in [-0.39, 0.29) is 12.5 Å². The Hall–Kier alpha value is -3.28. The van der Waals surface area contributed by atoms with Crippen LogP contribution in [0.2, 0.25) is 0 Å². The first-order valence-electron chi connectivity index (χ1n) is 8.14. The molecule has 0 aliphatic heterocycles. The van der Waals surface area contributed by atoms with Crippen LogP contribution >= 0.6 is 0 Å². The number of carbonyl (C=O) groups is 2. The fourth-order valence-electron chi connectivity index (χ4n) is 2.59. The van der Waals surface area contributed by atoms with E-state index in [9.17, 15) is 9.59 Å². The Labute approximate surface area is 145 Å². The van der Waals surface area contributed by atoms with Gasteiger partial charge in [0.2, 0.25) is 5.91 Å². The lowest BCUT2D eigenvalue weighted by molar-refractivity contribution is -0.120. The minimum absolute atomic E-state index is 0.0629. The van der Waals surface area contributed by atoms with Gasteiger partial charge in [0.05, 0.1) is 6.54 Å². The summed E-state index contributed by atoms with van der Waals surface area (Å²) in [4.78, 5) is 26.8. The third-order valence-corrected chi connectivity index (χ3v) is 3.83. The predicted molar refractivity (Wildman–Crippen MR) is 98.5 cm³/mol. The van der Waals surface area contributed by atoms with Crippen molar-refractivity contribution in [1.82, 2.24) is 15.6 Å². The Morgan fingerprint density at radius 2 is 1.68 bits per heavy atom. The highest BCUT2D eigenvalue weighted by Crippen LogP contribution is 2.17. The molecule has 6 heteroatoms. The molecule has 2 aromatic carbocycles. The zero-order valence-corrected chi connectivity index (χ0v) is 13.7. The van der Waals surface area contributed by atoms with E-state index < -0.39 is 6.03 Å². The van der Waals surface area contributed by atoms with Crippen molar-refractivity contribution < 1.29 is 9.59 Å². The molecule has 0 unspecified atom stereocenters. The van der Waals surface area contributed by atoms with Gasteiger partial charge in [0, 0.05) is 29.3 Å². The predicted octanol–water partition coefficient (Wildman–Crippen LogP) is 2.65. The number of rotatable bonds is 6. The van der Waals surface area contributed by atoms with Crippen LogP contribution in [-0.2, 0) is 11.2 Å². The first kappa shape index (κ1) is 16.6. The van der Waals surface area contributed by atoms with Crippen molar-refractivity contribution in [2.75, 3.05) is 18.4 Å². The quantitative estimate of drug-likeness (QED) is 0.558. The second-order valence-corrected chi connectivity index (χ2v) is 5.63. The van der Waals surface area contributed by atoms with Crippen molar-refractivity contribution in [3.05, 3.63) is 66.4 Å². The highest BCUT2D eigenvalue weighted by Gasteiger charge is 2.06. The summed E-state index contributed by atoms with van der Waals surface area (Å²) in [5, 5.41) is 9.17. The molecule has 0 atom stereocenters. The minimum atomic E-state index is -0.405. The largest absolute Gasteiger partial charge is 0.361 e. The fourth-order valence-corrected chi connectivity index (χ4v) is 2.59. The van der Waals surface area contributed by atoms with Crippen LogP contribution in [0, 0.1) is 0 Å². The molecule has 0 bridgehead atoms. The zero-order valence-electron chi connectivity index (χ0n) is 13.7. The fraction of sp³-hybridized carbons (Fsp3) is 0.158. The molecule has 0 saturated carbocycles. The van der Waals surface area contributed by atoms with Crippen molar-refractivity contribution >= 4 is 28.5 Å². The smallest absolute Gasteiger partial charge is 0.319 e. The number of benzene rings is 2. The molecule has 25 heavy (non-hydrogen) atoms. The van der Waals surface area contributed by atoms with Gasteiger partial charge >= 0.3 is 6.03 Å². The summed E-state index contributed by atoms with van der Waals surface area (Å²) < 4.78 is 0. The molecule has 3 amide bonds. The molecule has 0 radical (unpaired) electrons. The van der Waals surface area contributed by atoms with Crippen molar-refractivity contribution in [1.29, 1.82) is 0 Å². The van der Waals surface area contributed by atoms with Gasteiger partial charge in [-0.1, -0.05) is 36.4 Å². The first-order chi connectivity index (χ1) is 12.2. The van der Waals surface area contributed by atoms with E-state index in [0.29, 0.717) is 12.2 Å². The van der Waals surface area contributed by atoms with Crippen LogP contribution in [0.1, 0.15) is 5.56 Å². The summed E-state index contributed by atoms with van der Waals surface area (Å²) in [5.74, 6) is -0.219. The number of aromatic amines is 1. The van der Waals surface area contributed by atoms with Crippen LogP contribution in [0.5, 0.6) is 0 Å². The Bertz CT molecular complexity index is 858. The second kappa shape index (κ2) is 8.01. The van der Waals surface area contributed by atoms with Crippen molar-refractivity contribution in [3.8, 4) is 0 Å². The maximum atomic E-state index is 11.8. The molecule has 128 valence electrons. The van der Waals surface area contributed by atoms with Gasteiger partial charge in [-0.05, 0) is 30.2 Å². The van der Waals surface area contributed by atoms with Gasteiger partial charge in [-0.15, -0.1) is 0 Å². The van der Waals surface area contributed by atoms with Gasteiger partial charge < -0.3 is 20.9 Å². The number of para-hydroxylation sites is 2. The number of hydrogen-bond acceptors (Lipinski definition) is 2.